The van der Waals surface area contributed by atoms with Crippen molar-refractivity contribution in [3.05, 3.63) is 0 Å². The molecule has 0 aliphatic rings. The molecule has 6 heteroatoms. The summed E-state index contributed by atoms with van der Waals surface area (Å²) >= 11 is 0. The Morgan fingerprint density at radius 2 is 2.00 bits per heavy atom. The Labute approximate surface area is 88.1 Å². The lowest BCUT2D eigenvalue weighted by Gasteiger charge is -2.21. The van der Waals surface area contributed by atoms with Crippen molar-refractivity contribution in [1.82, 2.24) is 5.32 Å². The number of nitrogens with one attached hydrogen (secondary N) is 1. The Morgan fingerprint density at radius 1 is 1.47 bits per heavy atom. The summed E-state index contributed by atoms with van der Waals surface area (Å²) < 4.78 is 4.89. The van der Waals surface area contributed by atoms with Gasteiger partial charge in [-0.2, -0.15) is 0 Å². The first-order valence-electron chi connectivity index (χ1n) is 4.47. The molecule has 86 valence electrons. The van der Waals surface area contributed by atoms with Gasteiger partial charge in [-0.15, -0.1) is 0 Å². The highest BCUT2D eigenvalue weighted by Crippen LogP contribution is 2.06. The standard InChI is InChI=1S/C9H16N2O4/c1-9(2,3)15-8(14)11-6(5-12)4-7(10)13/h5-6H,4H2,1-3H3,(H2,10,13)(H,11,14)/t6-/m1/s1. The number of hydrogen-bond donors (Lipinski definition) is 2. The normalized spacial score (nSPS) is 12.7. The summed E-state index contributed by atoms with van der Waals surface area (Å²) in [5.74, 6) is -0.664. The summed E-state index contributed by atoms with van der Waals surface area (Å²) in [6.07, 6.45) is -0.543. The van der Waals surface area contributed by atoms with Gasteiger partial charge < -0.3 is 20.6 Å². The number of amides is 2. The van der Waals surface area contributed by atoms with Crippen molar-refractivity contribution < 1.29 is 19.1 Å². The molecule has 0 aromatic rings. The maximum Gasteiger partial charge on any atom is 0.408 e. The Hall–Kier alpha value is -1.59. The number of aldehydes is 1. The lowest BCUT2D eigenvalue weighted by atomic mass is 10.2. The number of carbonyl (C=O) groups excluding carboxylic acids is 3. The van der Waals surface area contributed by atoms with Gasteiger partial charge in [0.15, 0.2) is 0 Å². The van der Waals surface area contributed by atoms with Gasteiger partial charge in [0, 0.05) is 0 Å². The van der Waals surface area contributed by atoms with Gasteiger partial charge >= 0.3 is 6.09 Å². The van der Waals surface area contributed by atoms with Gasteiger partial charge in [0.2, 0.25) is 5.91 Å². The van der Waals surface area contributed by atoms with Crippen LogP contribution in [0.1, 0.15) is 27.2 Å². The Morgan fingerprint density at radius 3 is 2.33 bits per heavy atom. The van der Waals surface area contributed by atoms with Gasteiger partial charge in [-0.1, -0.05) is 0 Å². The Balaban J connectivity index is 4.13. The third-order valence-electron chi connectivity index (χ3n) is 1.29. The summed E-state index contributed by atoms with van der Waals surface area (Å²) in [6, 6.07) is -0.933. The van der Waals surface area contributed by atoms with E-state index in [0.717, 1.165) is 0 Å². The van der Waals surface area contributed by atoms with Crippen molar-refractivity contribution in [2.75, 3.05) is 0 Å². The van der Waals surface area contributed by atoms with Crippen LogP contribution in [0.25, 0.3) is 0 Å². The van der Waals surface area contributed by atoms with Gasteiger partial charge in [-0.05, 0) is 20.8 Å². The highest BCUT2D eigenvalue weighted by molar-refractivity contribution is 5.81. The predicted octanol–water partition coefficient (Wildman–Crippen LogP) is -0.0460. The van der Waals surface area contributed by atoms with E-state index in [9.17, 15) is 14.4 Å². The van der Waals surface area contributed by atoms with Crippen LogP contribution in [0.4, 0.5) is 4.79 Å². The second-order valence-electron chi connectivity index (χ2n) is 4.06. The molecule has 1 atom stereocenters. The molecule has 0 bridgehead atoms. The van der Waals surface area contributed by atoms with Crippen LogP contribution in [0, 0.1) is 0 Å². The van der Waals surface area contributed by atoms with Crippen molar-refractivity contribution in [2.45, 2.75) is 38.8 Å². The van der Waals surface area contributed by atoms with Gasteiger partial charge in [-0.3, -0.25) is 4.79 Å². The number of hydrogen-bond acceptors (Lipinski definition) is 4. The summed E-state index contributed by atoms with van der Waals surface area (Å²) in [5.41, 5.74) is 4.23. The molecule has 0 spiro atoms. The molecule has 3 N–H and O–H groups in total. The molecule has 2 amide bonds. The van der Waals surface area contributed by atoms with Gasteiger partial charge in [0.05, 0.1) is 12.5 Å². The van der Waals surface area contributed by atoms with Gasteiger partial charge in [0.25, 0.3) is 0 Å². The first-order chi connectivity index (χ1) is 6.74. The van der Waals surface area contributed by atoms with Crippen LogP contribution in [0.5, 0.6) is 0 Å². The number of primary amides is 1. The van der Waals surface area contributed by atoms with Crippen molar-refractivity contribution in [1.29, 1.82) is 0 Å². The van der Waals surface area contributed by atoms with E-state index in [1.165, 1.54) is 0 Å². The van der Waals surface area contributed by atoms with Crippen molar-refractivity contribution in [2.24, 2.45) is 5.73 Å². The molecule has 0 saturated heterocycles. The number of rotatable bonds is 4. The van der Waals surface area contributed by atoms with Crippen molar-refractivity contribution in [3.8, 4) is 0 Å². The molecule has 6 nitrogen and oxygen atoms in total. The lowest BCUT2D eigenvalue weighted by Crippen LogP contribution is -2.41. The number of ether oxygens (including phenoxy) is 1. The summed E-state index contributed by atoms with van der Waals surface area (Å²) in [4.78, 5) is 32.1. The average Bonchev–Trinajstić information content (AvgIpc) is 1.98. The van der Waals surface area contributed by atoms with Gasteiger partial charge in [-0.25, -0.2) is 4.79 Å². The second-order valence-corrected chi connectivity index (χ2v) is 4.06. The van der Waals surface area contributed by atoms with Crippen LogP contribution in [0.15, 0.2) is 0 Å². The first kappa shape index (κ1) is 13.4. The smallest absolute Gasteiger partial charge is 0.408 e. The van der Waals surface area contributed by atoms with Crippen molar-refractivity contribution >= 4 is 18.3 Å². The van der Waals surface area contributed by atoms with E-state index in [1.807, 2.05) is 0 Å². The zero-order valence-electron chi connectivity index (χ0n) is 9.07. The monoisotopic (exact) mass is 216 g/mol. The Bertz CT molecular complexity index is 257. The molecule has 0 aliphatic heterocycles. The fourth-order valence-electron chi connectivity index (χ4n) is 0.809. The third kappa shape index (κ3) is 7.48. The topological polar surface area (TPSA) is 98.5 Å². The predicted molar refractivity (Wildman–Crippen MR) is 53.0 cm³/mol. The van der Waals surface area contributed by atoms with Gasteiger partial charge in [0.1, 0.15) is 11.9 Å². The number of alkyl carbamates (subject to hydrolysis) is 1. The SMILES string of the molecule is CC(C)(C)OC(=O)N[C@@H](C=O)CC(N)=O. The van der Waals surface area contributed by atoms with E-state index in [4.69, 9.17) is 10.5 Å². The molecule has 0 radical (unpaired) electrons. The van der Waals surface area contributed by atoms with E-state index in [0.29, 0.717) is 6.29 Å². The fraction of sp³-hybridized carbons (Fsp3) is 0.667. The quantitative estimate of drug-likeness (QED) is 0.644. The van der Waals surface area contributed by atoms with Crippen molar-refractivity contribution in [3.63, 3.8) is 0 Å². The molecule has 0 aromatic carbocycles. The molecule has 0 fully saturated rings. The highest BCUT2D eigenvalue weighted by Gasteiger charge is 2.19. The largest absolute Gasteiger partial charge is 0.444 e. The maximum atomic E-state index is 11.2. The van der Waals surface area contributed by atoms with Crippen LogP contribution in [-0.4, -0.2) is 29.9 Å². The van der Waals surface area contributed by atoms with E-state index < -0.39 is 23.6 Å². The summed E-state index contributed by atoms with van der Waals surface area (Å²) in [6.45, 7) is 5.07. The maximum absolute atomic E-state index is 11.2. The molecular formula is C9H16N2O4. The van der Waals surface area contributed by atoms with E-state index >= 15 is 0 Å². The number of nitrogens with two attached hydrogens (primary N) is 1. The van der Waals surface area contributed by atoms with E-state index in [2.05, 4.69) is 5.32 Å². The second kappa shape index (κ2) is 5.33. The first-order valence-corrected chi connectivity index (χ1v) is 4.47. The van der Waals surface area contributed by atoms with E-state index in [-0.39, 0.29) is 6.42 Å². The van der Waals surface area contributed by atoms with Crippen LogP contribution in [0.2, 0.25) is 0 Å². The average molecular weight is 216 g/mol. The van der Waals surface area contributed by atoms with E-state index in [1.54, 1.807) is 20.8 Å². The minimum Gasteiger partial charge on any atom is -0.444 e. The summed E-state index contributed by atoms with van der Waals surface area (Å²) in [5, 5.41) is 2.22. The molecule has 0 saturated carbocycles. The molecule has 15 heavy (non-hydrogen) atoms. The molecular weight excluding hydrogens is 200 g/mol. The minimum atomic E-state index is -0.933. The zero-order chi connectivity index (χ0) is 12.1. The summed E-state index contributed by atoms with van der Waals surface area (Å²) in [7, 11) is 0. The lowest BCUT2D eigenvalue weighted by molar-refractivity contribution is -0.120. The highest BCUT2D eigenvalue weighted by atomic mass is 16.6. The third-order valence-corrected chi connectivity index (χ3v) is 1.29. The minimum absolute atomic E-state index is 0.233. The van der Waals surface area contributed by atoms with Crippen LogP contribution in [0.3, 0.4) is 0 Å². The zero-order valence-corrected chi connectivity index (χ0v) is 9.07. The van der Waals surface area contributed by atoms with Crippen LogP contribution < -0.4 is 11.1 Å². The van der Waals surface area contributed by atoms with Crippen LogP contribution in [-0.2, 0) is 14.3 Å². The molecule has 0 unspecified atom stereocenters. The number of carbonyl (C=O) groups is 3. The molecule has 0 rings (SSSR count). The van der Waals surface area contributed by atoms with Crippen LogP contribution >= 0.6 is 0 Å². The molecule has 0 aromatic heterocycles. The Kier molecular flexibility index (Phi) is 4.77. The fourth-order valence-corrected chi connectivity index (χ4v) is 0.809. The molecule has 0 aliphatic carbocycles. The molecule has 0 heterocycles.